The second-order valence-electron chi connectivity index (χ2n) is 7.41. The van der Waals surface area contributed by atoms with E-state index in [2.05, 4.69) is 5.11 Å². The summed E-state index contributed by atoms with van der Waals surface area (Å²) in [4.78, 5) is 25.6. The molecule has 3 rings (SSSR count). The zero-order valence-corrected chi connectivity index (χ0v) is 16.3. The highest BCUT2D eigenvalue weighted by molar-refractivity contribution is 5.72. The minimum Gasteiger partial charge on any atom is -0.462 e. The highest BCUT2D eigenvalue weighted by Gasteiger charge is 2.42. The lowest BCUT2D eigenvalue weighted by Gasteiger charge is -2.43. The van der Waals surface area contributed by atoms with Crippen molar-refractivity contribution in [2.45, 2.75) is 84.3 Å². The number of carbonyl (C=O) groups excluding carboxylic acids is 2. The average molecular weight is 421 g/mol. The van der Waals surface area contributed by atoms with Crippen molar-refractivity contribution in [3.05, 3.63) is 23.7 Å². The number of hydrogen-bond donors (Lipinski definition) is 1. The first-order chi connectivity index (χ1) is 20.2. The third kappa shape index (κ3) is 5.30. The zero-order valence-electron chi connectivity index (χ0n) is 32.3. The predicted molar refractivity (Wildman–Crippen MR) is 111 cm³/mol. The van der Waals surface area contributed by atoms with Crippen molar-refractivity contribution in [3.8, 4) is 0 Å². The van der Waals surface area contributed by atoms with Crippen molar-refractivity contribution in [3.63, 3.8) is 0 Å². The molecule has 2 aliphatic carbocycles. The number of rotatable bonds is 7. The fraction of sp³-hybridized carbons (Fsp3) is 0.750. The summed E-state index contributed by atoms with van der Waals surface area (Å²) < 4.78 is 142. The lowest BCUT2D eigenvalue weighted by molar-refractivity contribution is -0.162. The van der Waals surface area contributed by atoms with Gasteiger partial charge in [-0.3, -0.25) is 9.59 Å². The molecule has 0 aromatic heterocycles. The minimum absolute atomic E-state index is 0.194. The number of carbonyl (C=O) groups is 2. The van der Waals surface area contributed by atoms with Crippen molar-refractivity contribution in [2.75, 3.05) is 0 Å². The van der Waals surface area contributed by atoms with Crippen LogP contribution in [0.15, 0.2) is 23.7 Å². The molecule has 8 atom stereocenters. The van der Waals surface area contributed by atoms with Crippen molar-refractivity contribution in [1.29, 1.82) is 1.43 Å². The highest BCUT2D eigenvalue weighted by atomic mass is 16.5. The van der Waals surface area contributed by atoms with Crippen LogP contribution in [0, 0.1) is 29.5 Å². The van der Waals surface area contributed by atoms with Gasteiger partial charge >= 0.3 is 11.9 Å². The van der Waals surface area contributed by atoms with Gasteiger partial charge in [0.1, 0.15) is 12.2 Å². The summed E-state index contributed by atoms with van der Waals surface area (Å²) in [7, 11) is 0. The number of aliphatic hydroxyl groups is 1. The Morgan fingerprint density at radius 3 is 3.17 bits per heavy atom. The van der Waals surface area contributed by atoms with Gasteiger partial charge in [-0.25, -0.2) is 0 Å². The molecule has 5 heteroatoms. The monoisotopic (exact) mass is 420 g/mol. The number of hydrogen-bond acceptors (Lipinski definition) is 5. The van der Waals surface area contributed by atoms with Crippen LogP contribution in [0.1, 0.15) is 86.5 Å². The Labute approximate surface area is 197 Å². The van der Waals surface area contributed by atoms with Crippen LogP contribution in [0.5, 0.6) is 0 Å². The average Bonchev–Trinajstić information content (AvgIpc) is 2.88. The highest BCUT2D eigenvalue weighted by Crippen LogP contribution is 2.45. The van der Waals surface area contributed by atoms with Crippen LogP contribution in [-0.4, -0.2) is 36.8 Å². The summed E-state index contributed by atoms with van der Waals surface area (Å²) in [5, 5.41) is 4.39. The summed E-state index contributed by atoms with van der Waals surface area (Å²) in [6, 6.07) is -2.72. The Morgan fingerprint density at radius 1 is 1.59 bits per heavy atom. The van der Waals surface area contributed by atoms with Crippen LogP contribution in [0.3, 0.4) is 0 Å². The Hall–Kier alpha value is -1.62. The van der Waals surface area contributed by atoms with Gasteiger partial charge in [0.15, 0.2) is 0 Å². The quantitative estimate of drug-likeness (QED) is 0.625. The summed E-state index contributed by atoms with van der Waals surface area (Å²) in [5.41, 5.74) is -0.611. The molecule has 1 heterocycles. The summed E-state index contributed by atoms with van der Waals surface area (Å²) in [6.07, 6.45) is -12.0. The van der Waals surface area contributed by atoms with E-state index in [9.17, 15) is 9.59 Å². The molecule has 0 radical (unpaired) electrons. The minimum atomic E-state index is -3.58. The number of allylic oxidation sites excluding steroid dienone is 3. The molecule has 3 aliphatic rings. The standard InChI is InChI=1S/C24H36O5/c1-5-15(3)24(27)29-21-11-14(2)10-17-7-6-16(4)20(23(17)21)9-8-19-12-18(25)13-22(26)28-19/h6-7,10,14-16,18-21,23,25H,5,8-9,11-13H2,1-4H3/t14-,15-,16-,18+,19?,20-,21?,23-/m0/s1/i2D3,3D3,6D,7D,10D,11D2,13D2,14D,16D,25D. The van der Waals surface area contributed by atoms with Crippen LogP contribution >= 0.6 is 0 Å². The van der Waals surface area contributed by atoms with Gasteiger partial charge in [-0.1, -0.05) is 45.7 Å². The van der Waals surface area contributed by atoms with Gasteiger partial charge in [-0.15, -0.1) is 0 Å². The molecule has 1 fully saturated rings. The Morgan fingerprint density at radius 2 is 2.45 bits per heavy atom. The Balaban J connectivity index is 2.23. The van der Waals surface area contributed by atoms with Crippen molar-refractivity contribution in [1.82, 2.24) is 0 Å². The molecule has 2 unspecified atom stereocenters. The van der Waals surface area contributed by atoms with Gasteiger partial charge < -0.3 is 14.6 Å². The fourth-order valence-corrected chi connectivity index (χ4v) is 3.77. The summed E-state index contributed by atoms with van der Waals surface area (Å²) in [6.45, 7) is -3.92. The molecule has 0 aromatic carbocycles. The lowest BCUT2D eigenvalue weighted by Crippen LogP contribution is -2.42. The topological polar surface area (TPSA) is 72.8 Å². The molecule has 0 spiro atoms. The Kier molecular flexibility index (Phi) is 3.02. The molecule has 0 amide bonds. The largest absolute Gasteiger partial charge is 0.462 e. The maximum atomic E-state index is 13.3. The Bertz CT molecular complexity index is 1250. The molecular formula is C24H36O5. The van der Waals surface area contributed by atoms with Gasteiger partial charge in [0.2, 0.25) is 1.43 Å². The first-order valence-electron chi connectivity index (χ1n) is 17.6. The first-order valence-corrected chi connectivity index (χ1v) is 9.67. The molecule has 162 valence electrons. The van der Waals surface area contributed by atoms with Gasteiger partial charge in [0, 0.05) is 28.8 Å². The van der Waals surface area contributed by atoms with Gasteiger partial charge in [-0.2, -0.15) is 0 Å². The molecule has 29 heavy (non-hydrogen) atoms. The molecule has 0 saturated carbocycles. The van der Waals surface area contributed by atoms with E-state index in [4.69, 9.17) is 31.5 Å². The van der Waals surface area contributed by atoms with Crippen molar-refractivity contribution in [2.24, 2.45) is 29.5 Å². The lowest BCUT2D eigenvalue weighted by atomic mass is 9.65. The normalized spacial score (nSPS) is 56.3. The number of ether oxygens (including phenoxy) is 2. The van der Waals surface area contributed by atoms with Crippen LogP contribution in [0.25, 0.3) is 0 Å². The second kappa shape index (κ2) is 9.46. The van der Waals surface area contributed by atoms with Crippen molar-refractivity contribution < 1.29 is 44.7 Å². The van der Waals surface area contributed by atoms with E-state index in [1.54, 1.807) is 0 Å². The smallest absolute Gasteiger partial charge is 0.308 e. The van der Waals surface area contributed by atoms with E-state index >= 15 is 0 Å². The van der Waals surface area contributed by atoms with E-state index in [1.165, 1.54) is 13.8 Å². The van der Waals surface area contributed by atoms with E-state index < -0.39 is 110 Å². The van der Waals surface area contributed by atoms with Gasteiger partial charge in [0.25, 0.3) is 0 Å². The SMILES string of the molecule is [2H]O[C@@H]1CC(CC[C@@H]2[C@@H]3C(=C([2H])[C@]([2H])(C([2H])([2H])[2H])C([2H])([2H])C3OC(=O)[C@H](CC)C([2H])([2H])[2H])C([2H])=C([2H])[C@]2([2H])C)OC(=O)C1([2H])[2H]. The van der Waals surface area contributed by atoms with Crippen molar-refractivity contribution >= 4 is 11.9 Å². The van der Waals surface area contributed by atoms with E-state index in [-0.39, 0.29) is 25.7 Å². The first kappa shape index (κ1) is 9.25. The maximum absolute atomic E-state index is 13.3. The van der Waals surface area contributed by atoms with E-state index in [1.807, 2.05) is 0 Å². The van der Waals surface area contributed by atoms with E-state index in [0.717, 1.165) is 0 Å². The fourth-order valence-electron chi connectivity index (χ4n) is 3.77. The van der Waals surface area contributed by atoms with Gasteiger partial charge in [0.05, 0.1) is 22.5 Å². The van der Waals surface area contributed by atoms with Crippen LogP contribution in [-0.2, 0) is 19.1 Å². The number of esters is 2. The molecule has 0 aromatic rings. The molecule has 1 N–H and O–H groups in total. The summed E-state index contributed by atoms with van der Waals surface area (Å²) in [5.74, 6) is -13.1. The number of cyclic esters (lactones) is 1. The summed E-state index contributed by atoms with van der Waals surface area (Å²) >= 11 is 0. The predicted octanol–water partition coefficient (Wildman–Crippen LogP) is 4.20. The second-order valence-corrected chi connectivity index (χ2v) is 7.41. The third-order valence-electron chi connectivity index (χ3n) is 5.35. The van der Waals surface area contributed by atoms with Crippen LogP contribution in [0.2, 0.25) is 0 Å². The maximum Gasteiger partial charge on any atom is 0.308 e. The molecular weight excluding hydrogens is 368 g/mol. The number of fused-ring (bicyclic) bond motifs is 1. The van der Waals surface area contributed by atoms with E-state index in [0.29, 0.717) is 0 Å². The zero-order chi connectivity index (χ0) is 34.9. The third-order valence-corrected chi connectivity index (χ3v) is 5.35. The molecule has 5 nitrogen and oxygen atoms in total. The van der Waals surface area contributed by atoms with Gasteiger partial charge in [-0.05, 0) is 48.9 Å². The van der Waals surface area contributed by atoms with Crippen LogP contribution < -0.4 is 0 Å². The number of aliphatic hydroxyl groups excluding tert-OH is 1. The molecule has 1 saturated heterocycles. The molecule has 1 aliphatic heterocycles. The van der Waals surface area contributed by atoms with Crippen LogP contribution in [0.4, 0.5) is 0 Å². The molecule has 0 bridgehead atoms.